The van der Waals surface area contributed by atoms with Crippen molar-refractivity contribution in [1.29, 1.82) is 0 Å². The molecule has 0 aliphatic heterocycles. The number of aromatic nitrogens is 2. The van der Waals surface area contributed by atoms with Crippen molar-refractivity contribution in [1.82, 2.24) is 15.3 Å². The van der Waals surface area contributed by atoms with Crippen molar-refractivity contribution < 1.29 is 5.11 Å². The highest BCUT2D eigenvalue weighted by Gasteiger charge is 2.16. The van der Waals surface area contributed by atoms with Gasteiger partial charge in [0, 0.05) is 18.8 Å². The fraction of sp³-hybridized carbons (Fsp3) is 0.700. The summed E-state index contributed by atoms with van der Waals surface area (Å²) in [4.78, 5) is 7.18. The molecule has 1 rings (SSSR count). The lowest BCUT2D eigenvalue weighted by Gasteiger charge is -2.21. The van der Waals surface area contributed by atoms with E-state index in [1.807, 2.05) is 20.8 Å². The second-order valence-corrected chi connectivity index (χ2v) is 3.93. The van der Waals surface area contributed by atoms with Crippen LogP contribution in [0.4, 0.5) is 0 Å². The van der Waals surface area contributed by atoms with Gasteiger partial charge < -0.3 is 15.4 Å². The summed E-state index contributed by atoms with van der Waals surface area (Å²) in [6, 6.07) is 0. The third-order valence-corrected chi connectivity index (χ3v) is 2.49. The molecule has 1 aromatic rings. The van der Waals surface area contributed by atoms with Crippen LogP contribution >= 0.6 is 0 Å². The first-order valence-corrected chi connectivity index (χ1v) is 4.97. The van der Waals surface area contributed by atoms with Gasteiger partial charge in [-0.2, -0.15) is 0 Å². The molecule has 0 fully saturated rings. The molecule has 1 heterocycles. The minimum absolute atomic E-state index is 0.593. The number of nitrogens with zero attached hydrogens (tertiary/aromatic N) is 1. The lowest BCUT2D eigenvalue weighted by atomic mass is 10.0. The molecule has 0 aliphatic rings. The molecule has 80 valence electrons. The molecule has 0 aromatic carbocycles. The van der Waals surface area contributed by atoms with E-state index in [9.17, 15) is 5.11 Å². The average molecular weight is 197 g/mol. The van der Waals surface area contributed by atoms with Crippen LogP contribution in [0.15, 0.2) is 6.33 Å². The summed E-state index contributed by atoms with van der Waals surface area (Å²) in [6.07, 6.45) is 2.43. The van der Waals surface area contributed by atoms with Gasteiger partial charge in [-0.3, -0.25) is 0 Å². The van der Waals surface area contributed by atoms with E-state index in [4.69, 9.17) is 0 Å². The molecule has 0 spiro atoms. The molecule has 0 saturated carbocycles. The van der Waals surface area contributed by atoms with Gasteiger partial charge in [0.1, 0.15) is 0 Å². The van der Waals surface area contributed by atoms with E-state index in [1.54, 1.807) is 6.33 Å². The average Bonchev–Trinajstić information content (AvgIpc) is 2.52. The predicted molar refractivity (Wildman–Crippen MR) is 55.9 cm³/mol. The van der Waals surface area contributed by atoms with E-state index in [0.717, 1.165) is 17.8 Å². The predicted octanol–water partition coefficient (Wildman–Crippen LogP) is 0.969. The van der Waals surface area contributed by atoms with Crippen molar-refractivity contribution in [2.45, 2.75) is 39.3 Å². The Morgan fingerprint density at radius 2 is 2.36 bits per heavy atom. The molecule has 4 heteroatoms. The van der Waals surface area contributed by atoms with Crippen LogP contribution in [0.5, 0.6) is 0 Å². The first-order chi connectivity index (χ1) is 6.55. The van der Waals surface area contributed by atoms with Gasteiger partial charge in [0.25, 0.3) is 0 Å². The van der Waals surface area contributed by atoms with Gasteiger partial charge in [0.2, 0.25) is 0 Å². The third kappa shape index (κ3) is 3.12. The number of aromatic amines is 1. The Hall–Kier alpha value is -0.870. The van der Waals surface area contributed by atoms with Crippen LogP contribution in [0.3, 0.4) is 0 Å². The van der Waals surface area contributed by atoms with Crippen molar-refractivity contribution in [2.24, 2.45) is 0 Å². The normalized spacial score (nSPS) is 15.4. The highest BCUT2D eigenvalue weighted by molar-refractivity contribution is 5.08. The largest absolute Gasteiger partial charge is 0.389 e. The van der Waals surface area contributed by atoms with Crippen LogP contribution in [-0.2, 0) is 6.54 Å². The molecule has 0 bridgehead atoms. The minimum atomic E-state index is -0.621. The van der Waals surface area contributed by atoms with E-state index < -0.39 is 5.60 Å². The number of hydrogen-bond acceptors (Lipinski definition) is 3. The second kappa shape index (κ2) is 4.57. The van der Waals surface area contributed by atoms with Gasteiger partial charge in [-0.1, -0.05) is 6.92 Å². The summed E-state index contributed by atoms with van der Waals surface area (Å²) in [5.74, 6) is 0. The third-order valence-electron chi connectivity index (χ3n) is 2.49. The maximum Gasteiger partial charge on any atom is 0.0925 e. The molecule has 1 aromatic heterocycles. The minimum Gasteiger partial charge on any atom is -0.389 e. The maximum absolute atomic E-state index is 9.73. The highest BCUT2D eigenvalue weighted by Crippen LogP contribution is 2.07. The van der Waals surface area contributed by atoms with E-state index in [2.05, 4.69) is 15.3 Å². The summed E-state index contributed by atoms with van der Waals surface area (Å²) in [5.41, 5.74) is 1.47. The highest BCUT2D eigenvalue weighted by atomic mass is 16.3. The molecule has 3 N–H and O–H groups in total. The Labute approximate surface area is 84.8 Å². The van der Waals surface area contributed by atoms with Crippen molar-refractivity contribution in [2.75, 3.05) is 6.54 Å². The summed E-state index contributed by atoms with van der Waals surface area (Å²) in [5, 5.41) is 12.9. The zero-order valence-corrected chi connectivity index (χ0v) is 9.09. The van der Waals surface area contributed by atoms with Gasteiger partial charge in [-0.25, -0.2) is 4.98 Å². The van der Waals surface area contributed by atoms with Gasteiger partial charge in [0.05, 0.1) is 17.6 Å². The standard InChI is InChI=1S/C10H19N3O/c1-4-10(3,14)6-11-5-9-8(2)12-7-13-9/h7,11,14H,4-6H2,1-3H3,(H,12,13). The Morgan fingerprint density at radius 3 is 2.86 bits per heavy atom. The molecule has 1 unspecified atom stereocenters. The Kier molecular flexibility index (Phi) is 3.66. The van der Waals surface area contributed by atoms with Crippen LogP contribution in [0, 0.1) is 6.92 Å². The van der Waals surface area contributed by atoms with Crippen LogP contribution in [0.2, 0.25) is 0 Å². The zero-order valence-electron chi connectivity index (χ0n) is 9.09. The van der Waals surface area contributed by atoms with Crippen LogP contribution in [0.25, 0.3) is 0 Å². The number of H-pyrrole nitrogens is 1. The van der Waals surface area contributed by atoms with E-state index in [1.165, 1.54) is 0 Å². The van der Waals surface area contributed by atoms with Crippen molar-refractivity contribution >= 4 is 0 Å². The van der Waals surface area contributed by atoms with Gasteiger partial charge in [-0.15, -0.1) is 0 Å². The summed E-state index contributed by atoms with van der Waals surface area (Å²) in [7, 11) is 0. The molecule has 1 atom stereocenters. The number of nitrogens with one attached hydrogen (secondary N) is 2. The summed E-state index contributed by atoms with van der Waals surface area (Å²) in [6.45, 7) is 7.09. The first kappa shape index (κ1) is 11.2. The van der Waals surface area contributed by atoms with E-state index >= 15 is 0 Å². The van der Waals surface area contributed by atoms with E-state index in [-0.39, 0.29) is 0 Å². The number of aryl methyl sites for hydroxylation is 1. The van der Waals surface area contributed by atoms with Crippen molar-refractivity contribution in [3.63, 3.8) is 0 Å². The summed E-state index contributed by atoms with van der Waals surface area (Å²) < 4.78 is 0. The van der Waals surface area contributed by atoms with Crippen molar-refractivity contribution in [3.05, 3.63) is 17.7 Å². The topological polar surface area (TPSA) is 60.9 Å². The Morgan fingerprint density at radius 1 is 1.64 bits per heavy atom. The quantitative estimate of drug-likeness (QED) is 0.659. The monoisotopic (exact) mass is 197 g/mol. The number of imidazole rings is 1. The zero-order chi connectivity index (χ0) is 10.6. The lowest BCUT2D eigenvalue weighted by Crippen LogP contribution is -2.36. The second-order valence-electron chi connectivity index (χ2n) is 3.93. The molecule has 0 aliphatic carbocycles. The fourth-order valence-corrected chi connectivity index (χ4v) is 1.14. The maximum atomic E-state index is 9.73. The number of rotatable bonds is 5. The smallest absolute Gasteiger partial charge is 0.0925 e. The first-order valence-electron chi connectivity index (χ1n) is 4.97. The van der Waals surface area contributed by atoms with Crippen LogP contribution < -0.4 is 5.32 Å². The van der Waals surface area contributed by atoms with Gasteiger partial charge >= 0.3 is 0 Å². The Bertz CT molecular complexity index is 281. The molecule has 4 nitrogen and oxygen atoms in total. The SMILES string of the molecule is CCC(C)(O)CNCc1nc[nH]c1C. The number of aliphatic hydroxyl groups is 1. The molecular weight excluding hydrogens is 178 g/mol. The lowest BCUT2D eigenvalue weighted by molar-refractivity contribution is 0.0555. The molecular formula is C10H19N3O. The molecule has 0 radical (unpaired) electrons. The molecule has 0 amide bonds. The van der Waals surface area contributed by atoms with Gasteiger partial charge in [0.15, 0.2) is 0 Å². The molecule has 14 heavy (non-hydrogen) atoms. The van der Waals surface area contributed by atoms with E-state index in [0.29, 0.717) is 13.1 Å². The fourth-order valence-electron chi connectivity index (χ4n) is 1.14. The van der Waals surface area contributed by atoms with Gasteiger partial charge in [-0.05, 0) is 20.3 Å². The molecule has 0 saturated heterocycles. The number of hydrogen-bond donors (Lipinski definition) is 3. The summed E-state index contributed by atoms with van der Waals surface area (Å²) >= 11 is 0. The van der Waals surface area contributed by atoms with Crippen LogP contribution in [0.1, 0.15) is 31.7 Å². The Balaban J connectivity index is 2.32. The van der Waals surface area contributed by atoms with Crippen molar-refractivity contribution in [3.8, 4) is 0 Å². The van der Waals surface area contributed by atoms with Crippen LogP contribution in [-0.4, -0.2) is 27.2 Å².